The molecule has 182 valence electrons. The van der Waals surface area contributed by atoms with Crippen LogP contribution in [0.3, 0.4) is 0 Å². The van der Waals surface area contributed by atoms with Crippen molar-refractivity contribution >= 4 is 29.4 Å². The molecule has 1 aliphatic rings. The molecule has 1 aromatic carbocycles. The molecule has 3 N–H and O–H groups in total. The summed E-state index contributed by atoms with van der Waals surface area (Å²) < 4.78 is 23.2. The topological polar surface area (TPSA) is 112 Å². The van der Waals surface area contributed by atoms with E-state index in [2.05, 4.69) is 30.7 Å². The van der Waals surface area contributed by atoms with Crippen molar-refractivity contribution in [2.75, 3.05) is 14.1 Å². The summed E-state index contributed by atoms with van der Waals surface area (Å²) in [6, 6.07) is 12.3. The van der Waals surface area contributed by atoms with Crippen LogP contribution in [-0.2, 0) is 0 Å². The normalized spacial score (nSPS) is 15.4. The zero-order valence-electron chi connectivity index (χ0n) is 19.4. The number of ether oxygens (including phenoxy) is 1. The number of hydrogen-bond donors (Lipinski definition) is 2. The Morgan fingerprint density at radius 3 is 2.86 bits per heavy atom. The summed E-state index contributed by atoms with van der Waals surface area (Å²) >= 11 is 3.10. The molecule has 0 aliphatic carbocycles. The molecule has 0 radical (unpaired) electrons. The second-order valence-electron chi connectivity index (χ2n) is 7.43. The Morgan fingerprint density at radius 2 is 2.17 bits per heavy atom. The number of rotatable bonds is 8. The van der Waals surface area contributed by atoms with E-state index in [9.17, 15) is 9.65 Å². The van der Waals surface area contributed by atoms with Crippen LogP contribution in [0.5, 0.6) is 11.5 Å². The summed E-state index contributed by atoms with van der Waals surface area (Å²) in [6.45, 7) is 0. The maximum Gasteiger partial charge on any atom is 0.213 e. The van der Waals surface area contributed by atoms with E-state index in [1.54, 1.807) is 49.2 Å². The number of nitrogens with zero attached hydrogens (tertiary/aromatic N) is 5. The number of thioether (sulfide) groups is 1. The standard InChI is InChI=1S/C25H22FN7OS2/c1-29-20(5-7-27)19-13-21(16-6-8-30-24(26)12-16)31-15-23(19)34-22-4-3-18(11-17(22)14-28)36-32-25-33(2)9-10-35-25/h3-13,15,25,32H,27H2,1-2H3. The average molecular weight is 520 g/mol. The molecule has 1 unspecified atom stereocenters. The Morgan fingerprint density at radius 1 is 1.31 bits per heavy atom. The molecule has 11 heteroatoms. The number of nitrogens with one attached hydrogen (secondary N) is 1. The fourth-order valence-electron chi connectivity index (χ4n) is 3.30. The van der Waals surface area contributed by atoms with E-state index in [4.69, 9.17) is 10.5 Å². The lowest BCUT2D eigenvalue weighted by Gasteiger charge is -2.20. The highest BCUT2D eigenvalue weighted by Crippen LogP contribution is 2.33. The van der Waals surface area contributed by atoms with E-state index in [1.165, 1.54) is 36.6 Å². The van der Waals surface area contributed by atoms with Gasteiger partial charge in [0.25, 0.3) is 0 Å². The van der Waals surface area contributed by atoms with Crippen LogP contribution in [0, 0.1) is 17.3 Å². The van der Waals surface area contributed by atoms with E-state index in [1.807, 2.05) is 24.7 Å². The lowest BCUT2D eigenvalue weighted by Crippen LogP contribution is -2.30. The molecule has 3 aromatic rings. The first-order chi connectivity index (χ1) is 17.5. The van der Waals surface area contributed by atoms with Gasteiger partial charge in [-0.3, -0.25) is 9.98 Å². The fraction of sp³-hybridized carbons (Fsp3) is 0.120. The molecule has 0 amide bonds. The monoisotopic (exact) mass is 519 g/mol. The molecule has 1 aliphatic heterocycles. The molecular weight excluding hydrogens is 497 g/mol. The number of halogens is 1. The van der Waals surface area contributed by atoms with Crippen molar-refractivity contribution < 1.29 is 9.13 Å². The highest BCUT2D eigenvalue weighted by atomic mass is 32.2. The summed E-state index contributed by atoms with van der Waals surface area (Å²) in [7, 11) is 3.61. The quantitative estimate of drug-likeness (QED) is 0.244. The molecule has 4 rings (SSSR count). The van der Waals surface area contributed by atoms with Gasteiger partial charge in [-0.25, -0.2) is 9.71 Å². The molecule has 2 aromatic heterocycles. The number of nitrogens with two attached hydrogens (primary N) is 1. The molecule has 0 spiro atoms. The van der Waals surface area contributed by atoms with Gasteiger partial charge >= 0.3 is 0 Å². The second kappa shape index (κ2) is 11.7. The largest absolute Gasteiger partial charge is 0.454 e. The van der Waals surface area contributed by atoms with Gasteiger partial charge in [-0.2, -0.15) is 9.65 Å². The molecule has 36 heavy (non-hydrogen) atoms. The van der Waals surface area contributed by atoms with Gasteiger partial charge in [-0.1, -0.05) is 11.8 Å². The van der Waals surface area contributed by atoms with Crippen LogP contribution in [0.4, 0.5) is 4.39 Å². The van der Waals surface area contributed by atoms with E-state index in [-0.39, 0.29) is 5.50 Å². The van der Waals surface area contributed by atoms with Crippen molar-refractivity contribution in [2.45, 2.75) is 10.4 Å². The zero-order chi connectivity index (χ0) is 25.5. The van der Waals surface area contributed by atoms with Gasteiger partial charge in [0.2, 0.25) is 5.95 Å². The van der Waals surface area contributed by atoms with Crippen molar-refractivity contribution in [2.24, 2.45) is 10.7 Å². The minimum absolute atomic E-state index is 0.111. The van der Waals surface area contributed by atoms with Crippen LogP contribution >= 0.6 is 23.7 Å². The highest BCUT2D eigenvalue weighted by molar-refractivity contribution is 8.04. The minimum atomic E-state index is -0.608. The van der Waals surface area contributed by atoms with Crippen molar-refractivity contribution in [3.05, 3.63) is 89.8 Å². The Labute approximate surface area is 216 Å². The molecule has 0 saturated carbocycles. The van der Waals surface area contributed by atoms with Gasteiger partial charge < -0.3 is 15.4 Å². The van der Waals surface area contributed by atoms with Crippen molar-refractivity contribution in [1.82, 2.24) is 19.6 Å². The number of aromatic nitrogens is 2. The molecule has 0 saturated heterocycles. The van der Waals surface area contributed by atoms with E-state index in [0.29, 0.717) is 39.6 Å². The Balaban J connectivity index is 1.64. The van der Waals surface area contributed by atoms with Crippen LogP contribution in [0.15, 0.2) is 82.6 Å². The maximum atomic E-state index is 13.7. The second-order valence-corrected chi connectivity index (χ2v) is 9.33. The molecule has 8 nitrogen and oxygen atoms in total. The van der Waals surface area contributed by atoms with Crippen LogP contribution in [0.1, 0.15) is 11.1 Å². The predicted molar refractivity (Wildman–Crippen MR) is 142 cm³/mol. The number of allylic oxidation sites excluding steroid dienone is 1. The summed E-state index contributed by atoms with van der Waals surface area (Å²) in [5.74, 6) is 0.133. The third-order valence-electron chi connectivity index (χ3n) is 5.10. The fourth-order valence-corrected chi connectivity index (χ4v) is 5.05. The van der Waals surface area contributed by atoms with Gasteiger partial charge in [0.1, 0.15) is 17.3 Å². The van der Waals surface area contributed by atoms with Crippen molar-refractivity contribution in [1.29, 1.82) is 5.26 Å². The number of pyridine rings is 2. The van der Waals surface area contributed by atoms with Crippen LogP contribution in [0.2, 0.25) is 0 Å². The first-order valence-corrected chi connectivity index (χ1v) is 12.4. The molecule has 3 heterocycles. The average Bonchev–Trinajstić information content (AvgIpc) is 3.31. The third kappa shape index (κ3) is 5.85. The smallest absolute Gasteiger partial charge is 0.213 e. The summed E-state index contributed by atoms with van der Waals surface area (Å²) in [6.07, 6.45) is 7.88. The summed E-state index contributed by atoms with van der Waals surface area (Å²) in [5, 5.41) is 11.8. The predicted octanol–water partition coefficient (Wildman–Crippen LogP) is 4.87. The summed E-state index contributed by atoms with van der Waals surface area (Å²) in [4.78, 5) is 15.3. The third-order valence-corrected chi connectivity index (χ3v) is 7.07. The number of nitriles is 1. The zero-order valence-corrected chi connectivity index (χ0v) is 21.1. The van der Waals surface area contributed by atoms with Crippen molar-refractivity contribution in [3.8, 4) is 28.8 Å². The van der Waals surface area contributed by atoms with Gasteiger partial charge in [-0.05, 0) is 60.0 Å². The first-order valence-electron chi connectivity index (χ1n) is 10.7. The molecule has 0 bridgehead atoms. The Bertz CT molecular complexity index is 1390. The molecular formula is C25H22FN7OS2. The van der Waals surface area contributed by atoms with Gasteiger partial charge in [-0.15, -0.1) is 0 Å². The van der Waals surface area contributed by atoms with Gasteiger partial charge in [0.05, 0.1) is 23.2 Å². The highest BCUT2D eigenvalue weighted by Gasteiger charge is 2.18. The van der Waals surface area contributed by atoms with Crippen molar-refractivity contribution in [3.63, 3.8) is 0 Å². The van der Waals surface area contributed by atoms with Gasteiger partial charge in [0, 0.05) is 48.6 Å². The summed E-state index contributed by atoms with van der Waals surface area (Å²) in [5.41, 5.74) is 8.27. The maximum absolute atomic E-state index is 13.7. The van der Waals surface area contributed by atoms with Crippen LogP contribution < -0.4 is 15.2 Å². The van der Waals surface area contributed by atoms with Crippen LogP contribution in [-0.4, -0.2) is 40.2 Å². The minimum Gasteiger partial charge on any atom is -0.454 e. The molecule has 0 fully saturated rings. The van der Waals surface area contributed by atoms with Gasteiger partial charge in [0.15, 0.2) is 5.75 Å². The Hall–Kier alpha value is -3.85. The van der Waals surface area contributed by atoms with E-state index >= 15 is 0 Å². The lowest BCUT2D eigenvalue weighted by atomic mass is 10.1. The first kappa shape index (κ1) is 25.2. The Kier molecular flexibility index (Phi) is 8.22. The number of hydrogen-bond acceptors (Lipinski definition) is 10. The SMILES string of the molecule is CN=C(C=CN)c1cc(-c2ccnc(F)c2)ncc1Oc1ccc(SNC2SC=CN2C)cc1C#N. The number of benzene rings is 1. The molecule has 1 atom stereocenters. The van der Waals surface area contributed by atoms with Crippen LogP contribution in [0.25, 0.3) is 11.3 Å². The van der Waals surface area contributed by atoms with E-state index < -0.39 is 5.95 Å². The lowest BCUT2D eigenvalue weighted by molar-refractivity contribution is 0.428. The van der Waals surface area contributed by atoms with E-state index in [0.717, 1.165) is 4.90 Å². The number of aliphatic imine (C=N–C) groups is 1.